The SMILES string of the molecule is CC(=O)Nc1cccc2c([N+](=O)[O-])cccc12. The average molecular weight is 230 g/mol. The Kier molecular flexibility index (Phi) is 2.74. The van der Waals surface area contributed by atoms with Gasteiger partial charge in [-0.25, -0.2) is 0 Å². The molecular formula is C12H10N2O3. The van der Waals surface area contributed by atoms with Gasteiger partial charge in [-0.05, 0) is 12.1 Å². The van der Waals surface area contributed by atoms with E-state index in [0.717, 1.165) is 0 Å². The summed E-state index contributed by atoms with van der Waals surface area (Å²) in [6.07, 6.45) is 0. The van der Waals surface area contributed by atoms with Gasteiger partial charge in [-0.1, -0.05) is 18.2 Å². The van der Waals surface area contributed by atoms with E-state index < -0.39 is 4.92 Å². The molecule has 0 aromatic heterocycles. The molecule has 0 bridgehead atoms. The van der Waals surface area contributed by atoms with Crippen molar-refractivity contribution in [1.29, 1.82) is 0 Å². The molecule has 1 amide bonds. The summed E-state index contributed by atoms with van der Waals surface area (Å²) in [5.41, 5.74) is 0.619. The number of benzene rings is 2. The molecule has 0 heterocycles. The van der Waals surface area contributed by atoms with Gasteiger partial charge in [0.05, 0.1) is 10.3 Å². The summed E-state index contributed by atoms with van der Waals surface area (Å²) in [6.45, 7) is 1.40. The summed E-state index contributed by atoms with van der Waals surface area (Å²) in [6, 6.07) is 9.85. The third-order valence-electron chi connectivity index (χ3n) is 2.41. The Hall–Kier alpha value is -2.43. The van der Waals surface area contributed by atoms with Crippen molar-refractivity contribution in [2.24, 2.45) is 0 Å². The number of hydrogen-bond acceptors (Lipinski definition) is 3. The van der Waals surface area contributed by atoms with E-state index in [1.807, 2.05) is 0 Å². The Balaban J connectivity index is 2.69. The van der Waals surface area contributed by atoms with Crippen LogP contribution in [-0.4, -0.2) is 10.8 Å². The molecule has 17 heavy (non-hydrogen) atoms. The van der Waals surface area contributed by atoms with Crippen LogP contribution < -0.4 is 5.32 Å². The number of nitrogens with zero attached hydrogens (tertiary/aromatic N) is 1. The Morgan fingerprint density at radius 1 is 1.18 bits per heavy atom. The second-order valence-corrected chi connectivity index (χ2v) is 3.62. The molecule has 0 saturated carbocycles. The summed E-state index contributed by atoms with van der Waals surface area (Å²) in [5, 5.41) is 14.7. The van der Waals surface area contributed by atoms with Gasteiger partial charge in [-0.15, -0.1) is 0 Å². The normalized spacial score (nSPS) is 10.2. The fraction of sp³-hybridized carbons (Fsp3) is 0.0833. The van der Waals surface area contributed by atoms with Crippen LogP contribution in [-0.2, 0) is 4.79 Å². The summed E-state index contributed by atoms with van der Waals surface area (Å²) in [7, 11) is 0. The lowest BCUT2D eigenvalue weighted by molar-refractivity contribution is -0.383. The number of non-ortho nitro benzene ring substituents is 1. The van der Waals surface area contributed by atoms with Gasteiger partial charge in [0.15, 0.2) is 0 Å². The molecule has 0 radical (unpaired) electrons. The molecule has 1 N–H and O–H groups in total. The summed E-state index contributed by atoms with van der Waals surface area (Å²) in [4.78, 5) is 21.5. The zero-order chi connectivity index (χ0) is 12.4. The molecular weight excluding hydrogens is 220 g/mol. The lowest BCUT2D eigenvalue weighted by Gasteiger charge is -2.06. The molecule has 0 saturated heterocycles. The molecule has 0 aliphatic rings. The van der Waals surface area contributed by atoms with Crippen molar-refractivity contribution in [3.8, 4) is 0 Å². The molecule has 0 atom stereocenters. The smallest absolute Gasteiger partial charge is 0.277 e. The second-order valence-electron chi connectivity index (χ2n) is 3.62. The third kappa shape index (κ3) is 2.08. The number of hydrogen-bond donors (Lipinski definition) is 1. The molecule has 2 aromatic rings. The van der Waals surface area contributed by atoms with Gasteiger partial charge in [-0.2, -0.15) is 0 Å². The zero-order valence-electron chi connectivity index (χ0n) is 9.14. The van der Waals surface area contributed by atoms with E-state index in [1.54, 1.807) is 30.3 Å². The van der Waals surface area contributed by atoms with Crippen LogP contribution in [0.25, 0.3) is 10.8 Å². The van der Waals surface area contributed by atoms with Crippen molar-refractivity contribution in [3.63, 3.8) is 0 Å². The van der Waals surface area contributed by atoms with Crippen LogP contribution in [0.5, 0.6) is 0 Å². The number of nitro benzene ring substituents is 1. The van der Waals surface area contributed by atoms with Crippen molar-refractivity contribution in [1.82, 2.24) is 0 Å². The van der Waals surface area contributed by atoms with Crippen LogP contribution in [0.4, 0.5) is 11.4 Å². The second kappa shape index (κ2) is 4.21. The summed E-state index contributed by atoms with van der Waals surface area (Å²) < 4.78 is 0. The minimum absolute atomic E-state index is 0.0368. The van der Waals surface area contributed by atoms with Crippen molar-refractivity contribution < 1.29 is 9.72 Å². The van der Waals surface area contributed by atoms with E-state index in [1.165, 1.54) is 13.0 Å². The highest BCUT2D eigenvalue weighted by Crippen LogP contribution is 2.30. The van der Waals surface area contributed by atoms with Crippen LogP contribution in [0.2, 0.25) is 0 Å². The minimum Gasteiger partial charge on any atom is -0.326 e. The molecule has 0 aliphatic carbocycles. The van der Waals surface area contributed by atoms with E-state index in [0.29, 0.717) is 16.5 Å². The first kappa shape index (κ1) is 11.1. The number of carbonyl (C=O) groups is 1. The highest BCUT2D eigenvalue weighted by atomic mass is 16.6. The van der Waals surface area contributed by atoms with E-state index in [-0.39, 0.29) is 11.6 Å². The van der Waals surface area contributed by atoms with E-state index in [4.69, 9.17) is 0 Å². The highest BCUT2D eigenvalue weighted by Gasteiger charge is 2.12. The number of rotatable bonds is 2. The maximum Gasteiger partial charge on any atom is 0.277 e. The van der Waals surface area contributed by atoms with Crippen LogP contribution >= 0.6 is 0 Å². The Morgan fingerprint density at radius 2 is 1.82 bits per heavy atom. The van der Waals surface area contributed by atoms with Crippen LogP contribution in [0.3, 0.4) is 0 Å². The van der Waals surface area contributed by atoms with Crippen LogP contribution in [0.15, 0.2) is 36.4 Å². The van der Waals surface area contributed by atoms with Gasteiger partial charge < -0.3 is 5.32 Å². The molecule has 86 valence electrons. The van der Waals surface area contributed by atoms with Gasteiger partial charge in [0.25, 0.3) is 5.69 Å². The van der Waals surface area contributed by atoms with Gasteiger partial charge in [0, 0.05) is 24.1 Å². The highest BCUT2D eigenvalue weighted by molar-refractivity contribution is 6.04. The summed E-state index contributed by atoms with van der Waals surface area (Å²) >= 11 is 0. The average Bonchev–Trinajstić information content (AvgIpc) is 2.28. The topological polar surface area (TPSA) is 72.2 Å². The molecule has 2 rings (SSSR count). The predicted octanol–water partition coefficient (Wildman–Crippen LogP) is 2.71. The molecule has 0 fully saturated rings. The number of nitro groups is 1. The first-order valence-electron chi connectivity index (χ1n) is 5.03. The fourth-order valence-corrected chi connectivity index (χ4v) is 1.75. The van der Waals surface area contributed by atoms with E-state index in [9.17, 15) is 14.9 Å². The van der Waals surface area contributed by atoms with Crippen molar-refractivity contribution in [3.05, 3.63) is 46.5 Å². The number of anilines is 1. The van der Waals surface area contributed by atoms with Crippen molar-refractivity contribution >= 4 is 28.1 Å². The lowest BCUT2D eigenvalue weighted by atomic mass is 10.1. The third-order valence-corrected chi connectivity index (χ3v) is 2.41. The Labute approximate surface area is 97.2 Å². The standard InChI is InChI=1S/C12H10N2O3/c1-8(15)13-11-6-2-5-10-9(11)4-3-7-12(10)14(16)17/h2-7H,1H3,(H,13,15). The molecule has 5 heteroatoms. The minimum atomic E-state index is -0.431. The van der Waals surface area contributed by atoms with Gasteiger partial charge in [0.2, 0.25) is 5.91 Å². The largest absolute Gasteiger partial charge is 0.326 e. The molecule has 2 aromatic carbocycles. The van der Waals surface area contributed by atoms with Crippen LogP contribution in [0, 0.1) is 10.1 Å². The number of nitrogens with one attached hydrogen (secondary N) is 1. The first-order chi connectivity index (χ1) is 8.09. The first-order valence-corrected chi connectivity index (χ1v) is 5.03. The summed E-state index contributed by atoms with van der Waals surface area (Å²) in [5.74, 6) is -0.205. The molecule has 0 unspecified atom stereocenters. The van der Waals surface area contributed by atoms with Crippen LogP contribution in [0.1, 0.15) is 6.92 Å². The Morgan fingerprint density at radius 3 is 2.47 bits per heavy atom. The number of amides is 1. The monoisotopic (exact) mass is 230 g/mol. The van der Waals surface area contributed by atoms with E-state index >= 15 is 0 Å². The molecule has 0 aliphatic heterocycles. The zero-order valence-corrected chi connectivity index (χ0v) is 9.14. The van der Waals surface area contributed by atoms with Gasteiger partial charge in [-0.3, -0.25) is 14.9 Å². The Bertz CT molecular complexity index is 608. The maximum atomic E-state index is 11.0. The lowest BCUT2D eigenvalue weighted by Crippen LogP contribution is -2.06. The number of carbonyl (C=O) groups excluding carboxylic acids is 1. The molecule has 0 spiro atoms. The van der Waals surface area contributed by atoms with Crippen molar-refractivity contribution in [2.75, 3.05) is 5.32 Å². The van der Waals surface area contributed by atoms with Gasteiger partial charge in [0.1, 0.15) is 0 Å². The fourth-order valence-electron chi connectivity index (χ4n) is 1.75. The quantitative estimate of drug-likeness (QED) is 0.636. The molecule has 5 nitrogen and oxygen atoms in total. The van der Waals surface area contributed by atoms with E-state index in [2.05, 4.69) is 5.32 Å². The predicted molar refractivity (Wildman–Crippen MR) is 64.9 cm³/mol. The maximum absolute atomic E-state index is 11.0. The van der Waals surface area contributed by atoms with Gasteiger partial charge >= 0.3 is 0 Å². The van der Waals surface area contributed by atoms with Crippen molar-refractivity contribution in [2.45, 2.75) is 6.92 Å². The number of fused-ring (bicyclic) bond motifs is 1.